The van der Waals surface area contributed by atoms with Gasteiger partial charge in [0.2, 0.25) is 0 Å². The molecule has 0 aliphatic carbocycles. The van der Waals surface area contributed by atoms with Crippen LogP contribution in [-0.4, -0.2) is 19.9 Å². The molecule has 42 valence electrons. The van der Waals surface area contributed by atoms with Crippen LogP contribution >= 0.6 is 11.8 Å². The second kappa shape index (κ2) is 4.57. The highest BCUT2D eigenvalue weighted by Crippen LogP contribution is 2.09. The van der Waals surface area contributed by atoms with Crippen molar-refractivity contribution in [2.75, 3.05) is 12.0 Å². The predicted octanol–water partition coefficient (Wildman–Crippen LogP) is 1.18. The zero-order valence-electron chi connectivity index (χ0n) is 5.40. The van der Waals surface area contributed by atoms with Crippen LogP contribution in [0.3, 0.4) is 0 Å². The summed E-state index contributed by atoms with van der Waals surface area (Å²) < 4.78 is 0. The van der Waals surface area contributed by atoms with E-state index in [4.69, 9.17) is 0 Å². The lowest BCUT2D eigenvalue weighted by Crippen LogP contribution is -1.91. The summed E-state index contributed by atoms with van der Waals surface area (Å²) in [6.45, 7) is 2.24. The summed E-state index contributed by atoms with van der Waals surface area (Å²) >= 11 is 1.93. The van der Waals surface area contributed by atoms with Gasteiger partial charge >= 0.3 is 0 Å². The Bertz CT molecular complexity index is 39.1. The standard InChI is InChI=1S/C5H13BS/c1-3-5(6)4-7-2/h5H,3-4,6H2,1-2H3. The van der Waals surface area contributed by atoms with Gasteiger partial charge < -0.3 is 0 Å². The SMILES string of the molecule is BC(CC)CSC. The number of thioether (sulfide) groups is 1. The summed E-state index contributed by atoms with van der Waals surface area (Å²) in [5.74, 6) is 2.23. The Morgan fingerprint density at radius 1 is 1.71 bits per heavy atom. The quantitative estimate of drug-likeness (QED) is 0.499. The summed E-state index contributed by atoms with van der Waals surface area (Å²) in [4.78, 5) is 0. The second-order valence-electron chi connectivity index (χ2n) is 1.97. The average Bonchev–Trinajstić information content (AvgIpc) is 1.68. The highest BCUT2D eigenvalue weighted by Gasteiger charge is 1.93. The maximum Gasteiger partial charge on any atom is 0.106 e. The Labute approximate surface area is 51.5 Å². The summed E-state index contributed by atoms with van der Waals surface area (Å²) in [5.41, 5.74) is 0. The first-order valence-corrected chi connectivity index (χ1v) is 4.19. The molecule has 0 aliphatic heterocycles. The third-order valence-corrected chi connectivity index (χ3v) is 2.05. The highest BCUT2D eigenvalue weighted by molar-refractivity contribution is 7.98. The number of hydrogen-bond donors (Lipinski definition) is 0. The van der Waals surface area contributed by atoms with Gasteiger partial charge in [-0.15, -0.1) is 0 Å². The molecule has 0 fully saturated rings. The van der Waals surface area contributed by atoms with Crippen LogP contribution in [0.4, 0.5) is 0 Å². The van der Waals surface area contributed by atoms with Crippen molar-refractivity contribution < 1.29 is 0 Å². The lowest BCUT2D eigenvalue weighted by molar-refractivity contribution is 0.892. The van der Waals surface area contributed by atoms with E-state index in [9.17, 15) is 0 Å². The minimum atomic E-state index is 0.912. The molecule has 0 bridgehead atoms. The van der Waals surface area contributed by atoms with Crippen molar-refractivity contribution >= 4 is 19.6 Å². The molecule has 0 aromatic heterocycles. The Morgan fingerprint density at radius 2 is 2.29 bits per heavy atom. The predicted molar refractivity (Wildman–Crippen MR) is 41.0 cm³/mol. The molecule has 0 aromatic rings. The molecule has 0 saturated carbocycles. The molecule has 0 heterocycles. The molecule has 0 saturated heterocycles. The summed E-state index contributed by atoms with van der Waals surface area (Å²) in [6, 6.07) is 0. The van der Waals surface area contributed by atoms with Gasteiger partial charge in [0, 0.05) is 0 Å². The monoisotopic (exact) mass is 116 g/mol. The van der Waals surface area contributed by atoms with Crippen LogP contribution in [0.15, 0.2) is 0 Å². The van der Waals surface area contributed by atoms with Crippen LogP contribution in [0.5, 0.6) is 0 Å². The largest absolute Gasteiger partial charge is 0.166 e. The van der Waals surface area contributed by atoms with Crippen molar-refractivity contribution in [3.05, 3.63) is 0 Å². The van der Waals surface area contributed by atoms with E-state index in [-0.39, 0.29) is 0 Å². The fourth-order valence-corrected chi connectivity index (χ4v) is 1.21. The lowest BCUT2D eigenvalue weighted by Gasteiger charge is -2.02. The molecular weight excluding hydrogens is 103 g/mol. The number of rotatable bonds is 3. The fraction of sp³-hybridized carbons (Fsp3) is 1.00. The topological polar surface area (TPSA) is 0 Å². The summed E-state index contributed by atoms with van der Waals surface area (Å²) in [5, 5.41) is 0. The lowest BCUT2D eigenvalue weighted by atomic mass is 9.87. The molecule has 0 aromatic carbocycles. The zero-order chi connectivity index (χ0) is 5.70. The molecule has 0 N–H and O–H groups in total. The van der Waals surface area contributed by atoms with E-state index >= 15 is 0 Å². The van der Waals surface area contributed by atoms with Crippen molar-refractivity contribution in [2.24, 2.45) is 0 Å². The van der Waals surface area contributed by atoms with Crippen molar-refractivity contribution in [3.8, 4) is 0 Å². The van der Waals surface area contributed by atoms with Crippen LogP contribution < -0.4 is 0 Å². The van der Waals surface area contributed by atoms with Gasteiger partial charge in [0.15, 0.2) is 0 Å². The van der Waals surface area contributed by atoms with E-state index in [1.165, 1.54) is 12.2 Å². The third-order valence-electron chi connectivity index (χ3n) is 1.15. The van der Waals surface area contributed by atoms with Gasteiger partial charge in [-0.2, -0.15) is 11.8 Å². The van der Waals surface area contributed by atoms with E-state index < -0.39 is 0 Å². The Balaban J connectivity index is 2.83. The molecule has 0 aliphatic rings. The van der Waals surface area contributed by atoms with Crippen molar-refractivity contribution in [2.45, 2.75) is 19.2 Å². The van der Waals surface area contributed by atoms with Gasteiger partial charge in [-0.05, 0) is 12.0 Å². The second-order valence-corrected chi connectivity index (χ2v) is 2.88. The molecule has 0 spiro atoms. The maximum atomic E-state index is 2.29. The van der Waals surface area contributed by atoms with Crippen LogP contribution in [0.1, 0.15) is 13.3 Å². The molecule has 7 heavy (non-hydrogen) atoms. The highest BCUT2D eigenvalue weighted by atomic mass is 32.2. The smallest absolute Gasteiger partial charge is 0.106 e. The van der Waals surface area contributed by atoms with Gasteiger partial charge in [-0.1, -0.05) is 19.2 Å². The van der Waals surface area contributed by atoms with Crippen molar-refractivity contribution in [1.82, 2.24) is 0 Å². The van der Waals surface area contributed by atoms with Crippen LogP contribution in [0.25, 0.3) is 0 Å². The van der Waals surface area contributed by atoms with Gasteiger partial charge in [-0.25, -0.2) is 0 Å². The number of hydrogen-bond acceptors (Lipinski definition) is 1. The Morgan fingerprint density at radius 3 is 2.43 bits per heavy atom. The summed E-state index contributed by atoms with van der Waals surface area (Å²) in [6.07, 6.45) is 3.48. The molecule has 0 nitrogen and oxygen atoms in total. The molecule has 1 unspecified atom stereocenters. The zero-order valence-corrected chi connectivity index (χ0v) is 6.22. The molecule has 1 atom stereocenters. The fourth-order valence-electron chi connectivity index (χ4n) is 0.402. The maximum absolute atomic E-state index is 2.29. The van der Waals surface area contributed by atoms with Gasteiger partial charge in [0.1, 0.15) is 7.85 Å². The third kappa shape index (κ3) is 4.26. The van der Waals surface area contributed by atoms with Crippen LogP contribution in [0, 0.1) is 0 Å². The van der Waals surface area contributed by atoms with Gasteiger partial charge in [0.25, 0.3) is 0 Å². The Hall–Kier alpha value is 0.415. The molecule has 0 amide bonds. The molecule has 0 radical (unpaired) electrons. The Kier molecular flexibility index (Phi) is 4.84. The first-order chi connectivity index (χ1) is 3.31. The van der Waals surface area contributed by atoms with Crippen molar-refractivity contribution in [3.63, 3.8) is 0 Å². The molecular formula is C5H13BS. The first-order valence-electron chi connectivity index (χ1n) is 2.80. The normalized spacial score (nSPS) is 14.0. The van der Waals surface area contributed by atoms with E-state index in [1.54, 1.807) is 0 Å². The van der Waals surface area contributed by atoms with Crippen molar-refractivity contribution in [1.29, 1.82) is 0 Å². The van der Waals surface area contributed by atoms with E-state index in [2.05, 4.69) is 21.0 Å². The van der Waals surface area contributed by atoms with Gasteiger partial charge in [-0.3, -0.25) is 0 Å². The van der Waals surface area contributed by atoms with E-state index in [0.717, 1.165) is 5.82 Å². The van der Waals surface area contributed by atoms with Crippen LogP contribution in [-0.2, 0) is 0 Å². The molecule has 0 rings (SSSR count). The minimum Gasteiger partial charge on any atom is -0.166 e. The summed E-state index contributed by atoms with van der Waals surface area (Å²) in [7, 11) is 2.29. The van der Waals surface area contributed by atoms with Gasteiger partial charge in [0.05, 0.1) is 0 Å². The van der Waals surface area contributed by atoms with E-state index in [1.807, 2.05) is 11.8 Å². The molecule has 2 heteroatoms. The first kappa shape index (κ1) is 7.41. The van der Waals surface area contributed by atoms with Crippen LogP contribution in [0.2, 0.25) is 5.82 Å². The average molecular weight is 116 g/mol. The minimum absolute atomic E-state index is 0.912. The van der Waals surface area contributed by atoms with E-state index in [0.29, 0.717) is 0 Å².